The van der Waals surface area contributed by atoms with Crippen molar-refractivity contribution >= 4 is 17.5 Å². The minimum absolute atomic E-state index is 0.152. The van der Waals surface area contributed by atoms with Crippen LogP contribution in [0.25, 0.3) is 0 Å². The molecular formula is C12H9FN2OS. The SMILES string of the molecule is O=C(CSc1ccccc1F)c1cnccn1. The number of rotatable bonds is 4. The maximum atomic E-state index is 13.3. The molecule has 0 saturated heterocycles. The summed E-state index contributed by atoms with van der Waals surface area (Å²) in [6.45, 7) is 0. The van der Waals surface area contributed by atoms with Gasteiger partial charge in [-0.2, -0.15) is 0 Å². The lowest BCUT2D eigenvalue weighted by molar-refractivity contribution is 0.101. The number of hydrogen-bond acceptors (Lipinski definition) is 4. The van der Waals surface area contributed by atoms with Gasteiger partial charge >= 0.3 is 0 Å². The van der Waals surface area contributed by atoms with Crippen LogP contribution in [-0.4, -0.2) is 21.5 Å². The number of Topliss-reactive ketones (excluding diaryl/α,β-unsaturated/α-hetero) is 1. The van der Waals surface area contributed by atoms with Crippen molar-refractivity contribution in [3.63, 3.8) is 0 Å². The molecule has 0 aliphatic rings. The summed E-state index contributed by atoms with van der Waals surface area (Å²) < 4.78 is 13.3. The molecule has 86 valence electrons. The molecule has 1 aromatic heterocycles. The van der Waals surface area contributed by atoms with Crippen molar-refractivity contribution in [1.29, 1.82) is 0 Å². The largest absolute Gasteiger partial charge is 0.291 e. The van der Waals surface area contributed by atoms with Crippen LogP contribution in [0.3, 0.4) is 0 Å². The van der Waals surface area contributed by atoms with Gasteiger partial charge < -0.3 is 0 Å². The van der Waals surface area contributed by atoms with Gasteiger partial charge in [-0.1, -0.05) is 12.1 Å². The van der Waals surface area contributed by atoms with Gasteiger partial charge in [-0.25, -0.2) is 9.37 Å². The van der Waals surface area contributed by atoms with E-state index in [9.17, 15) is 9.18 Å². The molecule has 0 atom stereocenters. The Morgan fingerprint density at radius 2 is 2.12 bits per heavy atom. The van der Waals surface area contributed by atoms with E-state index in [0.29, 0.717) is 10.6 Å². The zero-order valence-electron chi connectivity index (χ0n) is 8.84. The molecule has 1 heterocycles. The van der Waals surface area contributed by atoms with Crippen LogP contribution in [0, 0.1) is 5.82 Å². The maximum absolute atomic E-state index is 13.3. The van der Waals surface area contributed by atoms with E-state index in [2.05, 4.69) is 9.97 Å². The lowest BCUT2D eigenvalue weighted by Gasteiger charge is -2.01. The van der Waals surface area contributed by atoms with Crippen LogP contribution >= 0.6 is 11.8 Å². The highest BCUT2D eigenvalue weighted by Gasteiger charge is 2.09. The molecule has 0 aliphatic heterocycles. The summed E-state index contributed by atoms with van der Waals surface area (Å²) >= 11 is 1.16. The Morgan fingerprint density at radius 1 is 1.29 bits per heavy atom. The summed E-state index contributed by atoms with van der Waals surface area (Å²) in [4.78, 5) is 19.9. The Hall–Kier alpha value is -1.75. The quantitative estimate of drug-likeness (QED) is 0.616. The first-order valence-electron chi connectivity index (χ1n) is 4.94. The zero-order valence-corrected chi connectivity index (χ0v) is 9.65. The fourth-order valence-corrected chi connectivity index (χ4v) is 2.04. The van der Waals surface area contributed by atoms with Crippen LogP contribution < -0.4 is 0 Å². The topological polar surface area (TPSA) is 42.9 Å². The molecule has 0 aliphatic carbocycles. The second kappa shape index (κ2) is 5.54. The molecular weight excluding hydrogens is 239 g/mol. The lowest BCUT2D eigenvalue weighted by Crippen LogP contribution is -2.05. The summed E-state index contributed by atoms with van der Waals surface area (Å²) in [5.74, 6) is -0.324. The van der Waals surface area contributed by atoms with E-state index in [1.807, 2.05) is 0 Å². The van der Waals surface area contributed by atoms with Crippen molar-refractivity contribution in [3.8, 4) is 0 Å². The second-order valence-corrected chi connectivity index (χ2v) is 4.25. The summed E-state index contributed by atoms with van der Waals surface area (Å²) in [5, 5.41) is 0. The number of carbonyl (C=O) groups is 1. The molecule has 0 spiro atoms. The van der Waals surface area contributed by atoms with Crippen LogP contribution in [0.1, 0.15) is 10.5 Å². The van der Waals surface area contributed by atoms with E-state index in [1.165, 1.54) is 24.7 Å². The molecule has 0 bridgehead atoms. The molecule has 2 rings (SSSR count). The van der Waals surface area contributed by atoms with Crippen molar-refractivity contribution in [2.75, 3.05) is 5.75 Å². The maximum Gasteiger partial charge on any atom is 0.192 e. The van der Waals surface area contributed by atoms with Crippen molar-refractivity contribution in [2.45, 2.75) is 4.90 Å². The third kappa shape index (κ3) is 3.10. The molecule has 3 nitrogen and oxygen atoms in total. The van der Waals surface area contributed by atoms with E-state index in [-0.39, 0.29) is 17.4 Å². The van der Waals surface area contributed by atoms with Gasteiger partial charge in [0.15, 0.2) is 5.78 Å². The van der Waals surface area contributed by atoms with Crippen molar-refractivity contribution < 1.29 is 9.18 Å². The molecule has 5 heteroatoms. The van der Waals surface area contributed by atoms with Gasteiger partial charge in [0.05, 0.1) is 11.9 Å². The summed E-state index contributed by atoms with van der Waals surface area (Å²) in [5.41, 5.74) is 0.302. The summed E-state index contributed by atoms with van der Waals surface area (Å²) in [7, 11) is 0. The lowest BCUT2D eigenvalue weighted by atomic mass is 10.3. The molecule has 0 N–H and O–H groups in total. The minimum atomic E-state index is -0.315. The van der Waals surface area contributed by atoms with E-state index >= 15 is 0 Å². The highest BCUT2D eigenvalue weighted by atomic mass is 32.2. The second-order valence-electron chi connectivity index (χ2n) is 3.23. The van der Waals surface area contributed by atoms with Gasteiger partial charge in [-0.3, -0.25) is 9.78 Å². The Balaban J connectivity index is 2.00. The van der Waals surface area contributed by atoms with Gasteiger partial charge in [0.25, 0.3) is 0 Å². The number of benzene rings is 1. The fourth-order valence-electron chi connectivity index (χ4n) is 1.22. The summed E-state index contributed by atoms with van der Waals surface area (Å²) in [6, 6.07) is 6.36. The summed E-state index contributed by atoms with van der Waals surface area (Å²) in [6.07, 6.45) is 4.37. The first-order valence-corrected chi connectivity index (χ1v) is 5.92. The molecule has 0 fully saturated rings. The molecule has 17 heavy (non-hydrogen) atoms. The number of ketones is 1. The zero-order chi connectivity index (χ0) is 12.1. The predicted molar refractivity (Wildman–Crippen MR) is 63.5 cm³/mol. The number of thioether (sulfide) groups is 1. The average molecular weight is 248 g/mol. The Labute approximate surface area is 102 Å². The molecule has 0 saturated carbocycles. The van der Waals surface area contributed by atoms with Gasteiger partial charge in [0, 0.05) is 17.3 Å². The molecule has 1 aromatic carbocycles. The third-order valence-electron chi connectivity index (χ3n) is 2.04. The van der Waals surface area contributed by atoms with Crippen molar-refractivity contribution in [1.82, 2.24) is 9.97 Å². The van der Waals surface area contributed by atoms with Crippen molar-refractivity contribution in [2.24, 2.45) is 0 Å². The van der Waals surface area contributed by atoms with Crippen LogP contribution in [0.5, 0.6) is 0 Å². The number of carbonyl (C=O) groups excluding carboxylic acids is 1. The standard InChI is InChI=1S/C12H9FN2OS/c13-9-3-1-2-4-12(9)17-8-11(16)10-7-14-5-6-15-10/h1-7H,8H2. The van der Waals surface area contributed by atoms with E-state index in [1.54, 1.807) is 18.2 Å². The monoisotopic (exact) mass is 248 g/mol. The highest BCUT2D eigenvalue weighted by molar-refractivity contribution is 8.00. The van der Waals surface area contributed by atoms with E-state index < -0.39 is 0 Å². The van der Waals surface area contributed by atoms with Gasteiger partial charge in [0.2, 0.25) is 0 Å². The first kappa shape index (κ1) is 11.7. The number of nitrogens with zero attached hydrogens (tertiary/aromatic N) is 2. The van der Waals surface area contributed by atoms with Crippen LogP contribution in [0.15, 0.2) is 47.8 Å². The smallest absolute Gasteiger partial charge is 0.192 e. The van der Waals surface area contributed by atoms with E-state index in [0.717, 1.165) is 11.8 Å². The third-order valence-corrected chi connectivity index (χ3v) is 3.09. The van der Waals surface area contributed by atoms with E-state index in [4.69, 9.17) is 0 Å². The Kier molecular flexibility index (Phi) is 3.82. The first-order chi connectivity index (χ1) is 8.27. The van der Waals surface area contributed by atoms with Gasteiger partial charge in [-0.05, 0) is 12.1 Å². The van der Waals surface area contributed by atoms with Crippen LogP contribution in [0.2, 0.25) is 0 Å². The molecule has 0 radical (unpaired) electrons. The average Bonchev–Trinajstić information content (AvgIpc) is 2.38. The molecule has 0 amide bonds. The van der Waals surface area contributed by atoms with Gasteiger partial charge in [-0.15, -0.1) is 11.8 Å². The van der Waals surface area contributed by atoms with Gasteiger partial charge in [0.1, 0.15) is 11.5 Å². The number of halogens is 1. The fraction of sp³-hybridized carbons (Fsp3) is 0.0833. The van der Waals surface area contributed by atoms with Crippen LogP contribution in [-0.2, 0) is 0 Å². The Bertz CT molecular complexity index is 519. The number of aromatic nitrogens is 2. The predicted octanol–water partition coefficient (Wildman–Crippen LogP) is 2.59. The molecule has 2 aromatic rings. The van der Waals surface area contributed by atoms with Crippen LogP contribution in [0.4, 0.5) is 4.39 Å². The number of hydrogen-bond donors (Lipinski definition) is 0. The van der Waals surface area contributed by atoms with Crippen molar-refractivity contribution in [3.05, 3.63) is 54.4 Å². The molecule has 0 unspecified atom stereocenters. The minimum Gasteiger partial charge on any atom is -0.291 e. The highest BCUT2D eigenvalue weighted by Crippen LogP contribution is 2.21. The Morgan fingerprint density at radius 3 is 2.82 bits per heavy atom. The normalized spacial score (nSPS) is 10.2.